The van der Waals surface area contributed by atoms with Crippen LogP contribution in [0.3, 0.4) is 0 Å². The van der Waals surface area contributed by atoms with E-state index in [-0.39, 0.29) is 13.2 Å². The molecule has 0 atom stereocenters. The fourth-order valence-electron chi connectivity index (χ4n) is 1.17. The van der Waals surface area contributed by atoms with Gasteiger partial charge in [-0.3, -0.25) is 9.59 Å². The minimum atomic E-state index is -1.17. The van der Waals surface area contributed by atoms with E-state index in [1.54, 1.807) is 32.5 Å². The average Bonchev–Trinajstić information content (AvgIpc) is 2.26. The summed E-state index contributed by atoms with van der Waals surface area (Å²) < 4.78 is 9.85. The second kappa shape index (κ2) is 7.54. The predicted octanol–water partition coefficient (Wildman–Crippen LogP) is 1.87. The molecule has 4 nitrogen and oxygen atoms in total. The van der Waals surface area contributed by atoms with Gasteiger partial charge in [0.05, 0.1) is 13.2 Å². The molecule has 0 aliphatic carbocycles. The number of thioether (sulfide) groups is 1. The lowest BCUT2D eigenvalue weighted by Gasteiger charge is -2.24. The van der Waals surface area contributed by atoms with E-state index >= 15 is 0 Å². The molecule has 0 saturated carbocycles. The first kappa shape index (κ1) is 15.3. The molecule has 0 radical (unpaired) electrons. The van der Waals surface area contributed by atoms with Crippen LogP contribution in [0.25, 0.3) is 0 Å². The molecule has 0 aromatic heterocycles. The first-order chi connectivity index (χ1) is 7.52. The number of hydrogen-bond acceptors (Lipinski definition) is 5. The molecule has 0 rings (SSSR count). The fraction of sp³-hybridized carbons (Fsp3) is 0.818. The third-order valence-corrected chi connectivity index (χ3v) is 2.87. The number of carbonyl (C=O) groups excluding carboxylic acids is 2. The van der Waals surface area contributed by atoms with Crippen LogP contribution in [0.15, 0.2) is 0 Å². The number of ether oxygens (including phenoxy) is 2. The highest BCUT2D eigenvalue weighted by atomic mass is 32.2. The molecule has 0 N–H and O–H groups in total. The Kier molecular flexibility index (Phi) is 7.21. The van der Waals surface area contributed by atoms with E-state index in [1.165, 1.54) is 0 Å². The van der Waals surface area contributed by atoms with Crippen LogP contribution in [0.1, 0.15) is 27.2 Å². The summed E-state index contributed by atoms with van der Waals surface area (Å²) in [5.41, 5.74) is -1.17. The summed E-state index contributed by atoms with van der Waals surface area (Å²) in [5.74, 6) is -0.279. The van der Waals surface area contributed by atoms with Gasteiger partial charge in [0.1, 0.15) is 0 Å². The Morgan fingerprint density at radius 2 is 1.56 bits per heavy atom. The van der Waals surface area contributed by atoms with Crippen LogP contribution in [0.5, 0.6) is 0 Å². The maximum atomic E-state index is 11.8. The molecular formula is C11H20O4S. The Morgan fingerprint density at radius 1 is 1.12 bits per heavy atom. The van der Waals surface area contributed by atoms with Crippen LogP contribution in [-0.4, -0.2) is 37.2 Å². The van der Waals surface area contributed by atoms with Crippen molar-refractivity contribution in [1.82, 2.24) is 0 Å². The van der Waals surface area contributed by atoms with Crippen LogP contribution in [0.2, 0.25) is 0 Å². The van der Waals surface area contributed by atoms with Gasteiger partial charge in [-0.05, 0) is 39.2 Å². The minimum absolute atomic E-state index is 0.271. The van der Waals surface area contributed by atoms with E-state index in [2.05, 4.69) is 0 Å². The van der Waals surface area contributed by atoms with Crippen molar-refractivity contribution in [2.24, 2.45) is 5.41 Å². The topological polar surface area (TPSA) is 52.6 Å². The molecule has 0 heterocycles. The van der Waals surface area contributed by atoms with Crippen molar-refractivity contribution in [2.45, 2.75) is 27.2 Å². The van der Waals surface area contributed by atoms with Crippen LogP contribution in [-0.2, 0) is 19.1 Å². The van der Waals surface area contributed by atoms with Gasteiger partial charge in [-0.25, -0.2) is 0 Å². The summed E-state index contributed by atoms with van der Waals surface area (Å²) in [6.45, 7) is 5.56. The van der Waals surface area contributed by atoms with Crippen molar-refractivity contribution in [3.8, 4) is 0 Å². The highest BCUT2D eigenvalue weighted by Gasteiger charge is 2.43. The maximum Gasteiger partial charge on any atom is 0.323 e. The van der Waals surface area contributed by atoms with Crippen LogP contribution < -0.4 is 0 Å². The average molecular weight is 248 g/mol. The van der Waals surface area contributed by atoms with Crippen molar-refractivity contribution < 1.29 is 19.1 Å². The van der Waals surface area contributed by atoms with Crippen molar-refractivity contribution in [1.29, 1.82) is 0 Å². The summed E-state index contributed by atoms with van der Waals surface area (Å²) in [6, 6.07) is 0. The standard InChI is InChI=1S/C11H20O4S/c1-5-14-9(12)11(3,7-8-16-4)10(13)15-6-2/h5-8H2,1-4H3. The fourth-order valence-corrected chi connectivity index (χ4v) is 1.79. The smallest absolute Gasteiger partial charge is 0.323 e. The molecule has 0 spiro atoms. The monoisotopic (exact) mass is 248 g/mol. The zero-order chi connectivity index (χ0) is 12.6. The molecule has 0 unspecified atom stereocenters. The van der Waals surface area contributed by atoms with Gasteiger partial charge in [-0.15, -0.1) is 0 Å². The van der Waals surface area contributed by atoms with Crippen LogP contribution in [0.4, 0.5) is 0 Å². The largest absolute Gasteiger partial charge is 0.465 e. The lowest BCUT2D eigenvalue weighted by Crippen LogP contribution is -2.40. The van der Waals surface area contributed by atoms with E-state index in [0.29, 0.717) is 12.2 Å². The van der Waals surface area contributed by atoms with Gasteiger partial charge >= 0.3 is 11.9 Å². The van der Waals surface area contributed by atoms with E-state index < -0.39 is 17.4 Å². The molecule has 0 aromatic rings. The molecule has 0 saturated heterocycles. The summed E-state index contributed by atoms with van der Waals surface area (Å²) in [5, 5.41) is 0. The van der Waals surface area contributed by atoms with E-state index in [9.17, 15) is 9.59 Å². The van der Waals surface area contributed by atoms with Crippen molar-refractivity contribution in [3.63, 3.8) is 0 Å². The maximum absolute atomic E-state index is 11.8. The number of rotatable bonds is 7. The van der Waals surface area contributed by atoms with Crippen LogP contribution >= 0.6 is 11.8 Å². The third-order valence-electron chi connectivity index (χ3n) is 2.26. The van der Waals surface area contributed by atoms with Gasteiger partial charge in [0.25, 0.3) is 0 Å². The van der Waals surface area contributed by atoms with Gasteiger partial charge in [-0.2, -0.15) is 11.8 Å². The molecule has 0 fully saturated rings. The van der Waals surface area contributed by atoms with E-state index in [4.69, 9.17) is 9.47 Å². The molecular weight excluding hydrogens is 228 g/mol. The first-order valence-corrected chi connectivity index (χ1v) is 6.75. The molecule has 16 heavy (non-hydrogen) atoms. The van der Waals surface area contributed by atoms with Crippen LogP contribution in [0, 0.1) is 5.41 Å². The van der Waals surface area contributed by atoms with Gasteiger partial charge in [0, 0.05) is 0 Å². The summed E-state index contributed by atoms with van der Waals surface area (Å²) >= 11 is 1.58. The molecule has 0 aliphatic heterocycles. The quantitative estimate of drug-likeness (QED) is 0.508. The molecule has 0 amide bonds. The Hall–Kier alpha value is -0.710. The van der Waals surface area contributed by atoms with Crippen molar-refractivity contribution in [3.05, 3.63) is 0 Å². The molecule has 0 bridgehead atoms. The minimum Gasteiger partial charge on any atom is -0.465 e. The van der Waals surface area contributed by atoms with Gasteiger partial charge in [0.2, 0.25) is 0 Å². The van der Waals surface area contributed by atoms with Crippen molar-refractivity contribution in [2.75, 3.05) is 25.2 Å². The normalized spacial score (nSPS) is 11.0. The molecule has 94 valence electrons. The summed E-state index contributed by atoms with van der Waals surface area (Å²) in [6.07, 6.45) is 2.36. The van der Waals surface area contributed by atoms with E-state index in [1.807, 2.05) is 6.26 Å². The summed E-state index contributed by atoms with van der Waals surface area (Å²) in [4.78, 5) is 23.5. The molecule has 0 aromatic carbocycles. The van der Waals surface area contributed by atoms with Gasteiger partial charge in [-0.1, -0.05) is 0 Å². The second-order valence-electron chi connectivity index (χ2n) is 3.52. The number of carbonyl (C=O) groups is 2. The molecule has 0 aliphatic rings. The second-order valence-corrected chi connectivity index (χ2v) is 4.50. The summed E-state index contributed by atoms with van der Waals surface area (Å²) in [7, 11) is 0. The SMILES string of the molecule is CCOC(=O)C(C)(CCSC)C(=O)OCC. The zero-order valence-corrected chi connectivity index (χ0v) is 11.2. The lowest BCUT2D eigenvalue weighted by atomic mass is 9.88. The lowest BCUT2D eigenvalue weighted by molar-refractivity contribution is -0.170. The van der Waals surface area contributed by atoms with E-state index in [0.717, 1.165) is 0 Å². The Morgan fingerprint density at radius 3 is 1.88 bits per heavy atom. The highest BCUT2D eigenvalue weighted by Crippen LogP contribution is 2.27. The Labute approximate surface area is 101 Å². The van der Waals surface area contributed by atoms with Gasteiger partial charge in [0.15, 0.2) is 5.41 Å². The molecule has 5 heteroatoms. The third kappa shape index (κ3) is 4.04. The van der Waals surface area contributed by atoms with Gasteiger partial charge < -0.3 is 9.47 Å². The predicted molar refractivity (Wildman–Crippen MR) is 64.4 cm³/mol. The van der Waals surface area contributed by atoms with Crippen molar-refractivity contribution >= 4 is 23.7 Å². The first-order valence-electron chi connectivity index (χ1n) is 5.36. The number of esters is 2. The highest BCUT2D eigenvalue weighted by molar-refractivity contribution is 7.98. The zero-order valence-electron chi connectivity index (χ0n) is 10.4. The number of hydrogen-bond donors (Lipinski definition) is 0. The Bertz CT molecular complexity index is 222. The Balaban J connectivity index is 4.71.